The van der Waals surface area contributed by atoms with Crippen molar-refractivity contribution in [2.24, 2.45) is 0 Å². The number of carbonyl (C=O) groups excluding carboxylic acids is 1. The van der Waals surface area contributed by atoms with Gasteiger partial charge in [-0.1, -0.05) is 13.8 Å². The second kappa shape index (κ2) is 8.93. The number of carboxylic acids is 1. The van der Waals surface area contributed by atoms with E-state index in [0.717, 1.165) is 6.42 Å². The second-order valence-electron chi connectivity index (χ2n) is 4.45. The number of rotatable bonds is 4. The van der Waals surface area contributed by atoms with Crippen LogP contribution in [0.25, 0.3) is 0 Å². The highest BCUT2D eigenvalue weighted by Gasteiger charge is 2.31. The Kier molecular flexibility index (Phi) is 7.58. The highest BCUT2D eigenvalue weighted by molar-refractivity contribution is 5.74. The Morgan fingerprint density at radius 3 is 1.86 bits per heavy atom. The third-order valence-corrected chi connectivity index (χ3v) is 2.91. The van der Waals surface area contributed by atoms with Crippen LogP contribution in [-0.4, -0.2) is 62.2 Å². The number of carbonyl (C=O) groups is 2. The van der Waals surface area contributed by atoms with E-state index in [9.17, 15) is 9.59 Å². The van der Waals surface area contributed by atoms with E-state index in [0.29, 0.717) is 13.0 Å². The van der Waals surface area contributed by atoms with Crippen LogP contribution in [0.3, 0.4) is 0 Å². The number of aliphatic carboxylic acids is 1. The zero-order valence-corrected chi connectivity index (χ0v) is 12.4. The van der Waals surface area contributed by atoms with Crippen LogP contribution in [0.1, 0.15) is 26.7 Å². The summed E-state index contributed by atoms with van der Waals surface area (Å²) in [5.41, 5.74) is 0. The predicted octanol–water partition coefficient (Wildman–Crippen LogP) is 0.533. The Bertz CT molecular complexity index is 345. The Balaban J connectivity index is 0.000000211. The molecule has 0 aromatic carbocycles. The fraction of sp³-hybridized carbons (Fsp3) is 0.846. The van der Waals surface area contributed by atoms with Crippen LogP contribution in [0.2, 0.25) is 0 Å². The molecule has 21 heavy (non-hydrogen) atoms. The van der Waals surface area contributed by atoms with Gasteiger partial charge >= 0.3 is 11.9 Å². The van der Waals surface area contributed by atoms with Crippen LogP contribution in [0.5, 0.6) is 0 Å². The molecule has 2 rings (SSSR count). The number of methoxy groups -OCH3 is 1. The topological polar surface area (TPSA) is 101 Å². The van der Waals surface area contributed by atoms with Crippen molar-refractivity contribution < 1.29 is 38.4 Å². The second-order valence-corrected chi connectivity index (χ2v) is 4.45. The Morgan fingerprint density at radius 1 is 1.05 bits per heavy atom. The van der Waals surface area contributed by atoms with Crippen molar-refractivity contribution in [3.05, 3.63) is 0 Å². The van der Waals surface area contributed by atoms with Gasteiger partial charge in [-0.05, 0) is 12.8 Å². The van der Waals surface area contributed by atoms with Crippen molar-refractivity contribution in [1.29, 1.82) is 0 Å². The van der Waals surface area contributed by atoms with E-state index in [1.54, 1.807) is 0 Å². The lowest BCUT2D eigenvalue weighted by atomic mass is 10.4. The molecule has 2 saturated heterocycles. The summed E-state index contributed by atoms with van der Waals surface area (Å²) in [7, 11) is 1.34. The minimum Gasteiger partial charge on any atom is -0.479 e. The zero-order chi connectivity index (χ0) is 15.8. The standard InChI is InChI=1S/C7H12O4.C6H10O4/c1-3-6-10-4-5(11-6)7(8)9-2;1-2-5-9-3-4(10-5)6(7)8/h5-6H,3-4H2,1-2H3;4-5H,2-3H2,1H3,(H,7,8)/t5?,6-;4?,5-/m10/s1. The van der Waals surface area contributed by atoms with E-state index >= 15 is 0 Å². The first-order valence-corrected chi connectivity index (χ1v) is 6.86. The van der Waals surface area contributed by atoms with Crippen LogP contribution in [0.4, 0.5) is 0 Å². The maximum Gasteiger partial charge on any atom is 0.337 e. The summed E-state index contributed by atoms with van der Waals surface area (Å²) in [6, 6.07) is 0. The van der Waals surface area contributed by atoms with E-state index in [1.807, 2.05) is 13.8 Å². The molecule has 4 atom stereocenters. The first-order valence-electron chi connectivity index (χ1n) is 6.86. The molecule has 122 valence electrons. The number of hydrogen-bond donors (Lipinski definition) is 1. The Labute approximate surface area is 123 Å². The fourth-order valence-electron chi connectivity index (χ4n) is 1.73. The molecule has 2 fully saturated rings. The highest BCUT2D eigenvalue weighted by atomic mass is 16.7. The van der Waals surface area contributed by atoms with Gasteiger partial charge in [-0.25, -0.2) is 9.59 Å². The largest absolute Gasteiger partial charge is 0.479 e. The van der Waals surface area contributed by atoms with Crippen molar-refractivity contribution in [3.63, 3.8) is 0 Å². The first kappa shape index (κ1) is 17.8. The van der Waals surface area contributed by atoms with Gasteiger partial charge in [0.15, 0.2) is 24.8 Å². The van der Waals surface area contributed by atoms with Crippen LogP contribution in [0.15, 0.2) is 0 Å². The molecule has 0 radical (unpaired) electrons. The summed E-state index contributed by atoms with van der Waals surface area (Å²) in [6.45, 7) is 4.30. The molecular weight excluding hydrogens is 284 g/mol. The Hall–Kier alpha value is -1.22. The van der Waals surface area contributed by atoms with Crippen molar-refractivity contribution in [2.75, 3.05) is 20.3 Å². The SMILES string of the molecule is CC[C@@H]1OCC(C(=O)OC)O1.CC[C@H]1OCC(C(=O)O)O1. The van der Waals surface area contributed by atoms with Crippen molar-refractivity contribution in [3.8, 4) is 0 Å². The van der Waals surface area contributed by atoms with E-state index in [-0.39, 0.29) is 25.2 Å². The average Bonchev–Trinajstić information content (AvgIpc) is 3.15. The lowest BCUT2D eigenvalue weighted by Gasteiger charge is -2.06. The molecule has 2 aliphatic heterocycles. The molecule has 0 aliphatic carbocycles. The van der Waals surface area contributed by atoms with Gasteiger partial charge in [0, 0.05) is 0 Å². The van der Waals surface area contributed by atoms with Crippen LogP contribution >= 0.6 is 0 Å². The van der Waals surface area contributed by atoms with E-state index in [2.05, 4.69) is 4.74 Å². The monoisotopic (exact) mass is 306 g/mol. The third-order valence-electron chi connectivity index (χ3n) is 2.91. The van der Waals surface area contributed by atoms with Crippen molar-refractivity contribution in [1.82, 2.24) is 0 Å². The summed E-state index contributed by atoms with van der Waals surface area (Å²) in [6.07, 6.45) is -0.382. The van der Waals surface area contributed by atoms with Crippen LogP contribution in [0, 0.1) is 0 Å². The molecule has 2 aliphatic rings. The van der Waals surface area contributed by atoms with E-state index in [1.165, 1.54) is 7.11 Å². The van der Waals surface area contributed by atoms with Gasteiger partial charge in [0.25, 0.3) is 0 Å². The first-order chi connectivity index (χ1) is 10.0. The number of esters is 1. The maximum atomic E-state index is 10.8. The summed E-state index contributed by atoms with van der Waals surface area (Å²) in [5.74, 6) is -1.31. The molecule has 0 spiro atoms. The average molecular weight is 306 g/mol. The minimum absolute atomic E-state index is 0.174. The van der Waals surface area contributed by atoms with Gasteiger partial charge < -0.3 is 28.8 Å². The number of hydrogen-bond acceptors (Lipinski definition) is 7. The van der Waals surface area contributed by atoms with Crippen molar-refractivity contribution >= 4 is 11.9 Å². The summed E-state index contributed by atoms with van der Waals surface area (Å²) < 4.78 is 24.7. The molecule has 0 aromatic rings. The molecule has 0 bridgehead atoms. The Morgan fingerprint density at radius 2 is 1.52 bits per heavy atom. The fourth-order valence-corrected chi connectivity index (χ4v) is 1.73. The quantitative estimate of drug-likeness (QED) is 0.751. The highest BCUT2D eigenvalue weighted by Crippen LogP contribution is 2.15. The van der Waals surface area contributed by atoms with Gasteiger partial charge in [0.1, 0.15) is 0 Å². The summed E-state index contributed by atoms with van der Waals surface area (Å²) >= 11 is 0. The smallest absolute Gasteiger partial charge is 0.337 e. The molecular formula is C13H22O8. The lowest BCUT2D eigenvalue weighted by molar-refractivity contribution is -0.154. The normalized spacial score (nSPS) is 31.4. The summed E-state index contributed by atoms with van der Waals surface area (Å²) in [5, 5.41) is 8.42. The number of carboxylic acid groups (broad SMARTS) is 1. The third kappa shape index (κ3) is 5.58. The number of ether oxygens (including phenoxy) is 5. The van der Waals surface area contributed by atoms with Gasteiger partial charge in [0.05, 0.1) is 20.3 Å². The molecule has 2 unspecified atom stereocenters. The molecule has 0 amide bonds. The maximum absolute atomic E-state index is 10.8. The van der Waals surface area contributed by atoms with Crippen molar-refractivity contribution in [2.45, 2.75) is 51.5 Å². The van der Waals surface area contributed by atoms with Gasteiger partial charge in [-0.2, -0.15) is 0 Å². The molecule has 0 saturated carbocycles. The predicted molar refractivity (Wildman–Crippen MR) is 69.5 cm³/mol. The lowest BCUT2D eigenvalue weighted by Crippen LogP contribution is -2.24. The minimum atomic E-state index is -0.948. The van der Waals surface area contributed by atoms with Gasteiger partial charge in [-0.3, -0.25) is 0 Å². The van der Waals surface area contributed by atoms with Crippen LogP contribution < -0.4 is 0 Å². The molecule has 0 aromatic heterocycles. The molecule has 2 heterocycles. The van der Waals surface area contributed by atoms with E-state index < -0.39 is 18.2 Å². The zero-order valence-electron chi connectivity index (χ0n) is 12.4. The summed E-state index contributed by atoms with van der Waals surface area (Å²) in [4.78, 5) is 21.1. The van der Waals surface area contributed by atoms with Gasteiger partial charge in [-0.15, -0.1) is 0 Å². The van der Waals surface area contributed by atoms with Crippen LogP contribution in [-0.2, 0) is 33.3 Å². The molecule has 8 heteroatoms. The molecule has 8 nitrogen and oxygen atoms in total. The van der Waals surface area contributed by atoms with Gasteiger partial charge in [0.2, 0.25) is 0 Å². The molecule has 1 N–H and O–H groups in total. The van der Waals surface area contributed by atoms with E-state index in [4.69, 9.17) is 24.1 Å².